The van der Waals surface area contributed by atoms with Crippen LogP contribution >= 0.6 is 0 Å². The van der Waals surface area contributed by atoms with Crippen molar-refractivity contribution >= 4 is 16.9 Å². The van der Waals surface area contributed by atoms with Gasteiger partial charge >= 0.3 is 0 Å². The molecule has 6 rings (SSSR count). The standard InChI is InChI=1S/C33H36FN3O3/c1-21-17-26-18-24(25-3-9-29-30(19-25)36-22(2)35-29)4-10-31(26)40-16-11-23(21)20-32(38)37-14-12-33(39,13-15-37)27-5-7-28(34)8-6-27/h3-10,18-19,21,23,39H,11-17,20H2,1-2H3,(H,35,36). The fraction of sp³-hybridized carbons (Fsp3) is 0.394. The summed E-state index contributed by atoms with van der Waals surface area (Å²) in [5.41, 5.74) is 5.12. The van der Waals surface area contributed by atoms with Gasteiger partial charge < -0.3 is 19.7 Å². The van der Waals surface area contributed by atoms with Crippen molar-refractivity contribution in [1.29, 1.82) is 0 Å². The van der Waals surface area contributed by atoms with Crippen molar-refractivity contribution in [2.45, 2.75) is 51.6 Å². The number of hydrogen-bond donors (Lipinski definition) is 2. The van der Waals surface area contributed by atoms with Crippen molar-refractivity contribution in [1.82, 2.24) is 14.9 Å². The fourth-order valence-electron chi connectivity index (χ4n) is 6.33. The summed E-state index contributed by atoms with van der Waals surface area (Å²) >= 11 is 0. The molecular formula is C33H36FN3O3. The largest absolute Gasteiger partial charge is 0.493 e. The van der Waals surface area contributed by atoms with Crippen LogP contribution in [0.1, 0.15) is 49.6 Å². The van der Waals surface area contributed by atoms with E-state index in [1.54, 1.807) is 12.1 Å². The van der Waals surface area contributed by atoms with Crippen molar-refractivity contribution in [3.63, 3.8) is 0 Å². The summed E-state index contributed by atoms with van der Waals surface area (Å²) in [5.74, 6) is 2.18. The third kappa shape index (κ3) is 5.35. The maximum atomic E-state index is 13.3. The molecule has 0 aliphatic carbocycles. The lowest BCUT2D eigenvalue weighted by Gasteiger charge is -2.39. The molecule has 2 N–H and O–H groups in total. The number of fused-ring (bicyclic) bond motifs is 2. The van der Waals surface area contributed by atoms with Crippen LogP contribution in [-0.2, 0) is 16.8 Å². The zero-order chi connectivity index (χ0) is 27.9. The number of carbonyl (C=O) groups is 1. The summed E-state index contributed by atoms with van der Waals surface area (Å²) in [4.78, 5) is 23.1. The lowest BCUT2D eigenvalue weighted by atomic mass is 9.81. The number of hydrogen-bond acceptors (Lipinski definition) is 4. The van der Waals surface area contributed by atoms with Crippen LogP contribution in [0.25, 0.3) is 22.2 Å². The highest BCUT2D eigenvalue weighted by molar-refractivity contribution is 5.82. The predicted octanol–water partition coefficient (Wildman–Crippen LogP) is 6.16. The van der Waals surface area contributed by atoms with Crippen LogP contribution in [0.3, 0.4) is 0 Å². The van der Waals surface area contributed by atoms with Crippen molar-refractivity contribution < 1.29 is 19.0 Å². The first-order valence-electron chi connectivity index (χ1n) is 14.3. The van der Waals surface area contributed by atoms with Crippen LogP contribution in [0.5, 0.6) is 5.75 Å². The molecule has 6 nitrogen and oxygen atoms in total. The smallest absolute Gasteiger partial charge is 0.222 e. The monoisotopic (exact) mass is 541 g/mol. The maximum Gasteiger partial charge on any atom is 0.222 e. The molecule has 3 aromatic carbocycles. The number of aryl methyl sites for hydroxylation is 1. The van der Waals surface area contributed by atoms with Gasteiger partial charge in [0, 0.05) is 19.5 Å². The van der Waals surface area contributed by atoms with Crippen LogP contribution in [-0.4, -0.2) is 45.6 Å². The molecule has 0 bridgehead atoms. The molecule has 1 aromatic heterocycles. The fourth-order valence-corrected chi connectivity index (χ4v) is 6.33. The van der Waals surface area contributed by atoms with Gasteiger partial charge in [-0.15, -0.1) is 0 Å². The van der Waals surface area contributed by atoms with Gasteiger partial charge in [-0.3, -0.25) is 4.79 Å². The normalized spacial score (nSPS) is 20.9. The van der Waals surface area contributed by atoms with Crippen molar-refractivity contribution in [2.24, 2.45) is 11.8 Å². The Morgan fingerprint density at radius 2 is 1.82 bits per heavy atom. The van der Waals surface area contributed by atoms with Gasteiger partial charge in [0.25, 0.3) is 0 Å². The summed E-state index contributed by atoms with van der Waals surface area (Å²) in [7, 11) is 0. The molecule has 4 aromatic rings. The summed E-state index contributed by atoms with van der Waals surface area (Å²) in [6, 6.07) is 18.7. The molecule has 2 aliphatic rings. The quantitative estimate of drug-likeness (QED) is 0.325. The van der Waals surface area contributed by atoms with E-state index >= 15 is 0 Å². The van der Waals surface area contributed by atoms with Crippen molar-refractivity contribution in [3.05, 3.63) is 83.4 Å². The zero-order valence-electron chi connectivity index (χ0n) is 23.1. The summed E-state index contributed by atoms with van der Waals surface area (Å²) in [6.45, 7) is 5.78. The number of H-pyrrole nitrogens is 1. The Hall–Kier alpha value is -3.71. The average molecular weight is 542 g/mol. The van der Waals surface area contributed by atoms with Crippen LogP contribution in [0, 0.1) is 24.6 Å². The molecule has 3 heterocycles. The highest BCUT2D eigenvalue weighted by atomic mass is 19.1. The molecule has 0 radical (unpaired) electrons. The number of aromatic amines is 1. The van der Waals surface area contributed by atoms with E-state index in [2.05, 4.69) is 47.2 Å². The Bertz CT molecular complexity index is 1520. The van der Waals surface area contributed by atoms with E-state index in [4.69, 9.17) is 4.74 Å². The van der Waals surface area contributed by atoms with Gasteiger partial charge in [0.05, 0.1) is 23.2 Å². The molecule has 1 saturated heterocycles. The molecular weight excluding hydrogens is 505 g/mol. The highest BCUT2D eigenvalue weighted by Crippen LogP contribution is 2.36. The number of rotatable bonds is 4. The third-order valence-electron chi connectivity index (χ3n) is 8.85. The Balaban J connectivity index is 1.11. The van der Waals surface area contributed by atoms with E-state index in [1.165, 1.54) is 17.7 Å². The molecule has 2 aliphatic heterocycles. The van der Waals surface area contributed by atoms with Crippen LogP contribution < -0.4 is 4.74 Å². The number of ether oxygens (including phenoxy) is 1. The molecule has 208 valence electrons. The number of piperidine rings is 1. The van der Waals surface area contributed by atoms with E-state index in [0.717, 1.165) is 46.6 Å². The van der Waals surface area contributed by atoms with Gasteiger partial charge in [0.2, 0.25) is 5.91 Å². The number of imidazole rings is 1. The number of nitrogens with zero attached hydrogens (tertiary/aromatic N) is 2. The zero-order valence-corrected chi connectivity index (χ0v) is 23.1. The second-order valence-corrected chi connectivity index (χ2v) is 11.6. The minimum atomic E-state index is -1.02. The molecule has 1 amide bonds. The Labute approximate surface area is 234 Å². The number of nitrogens with one attached hydrogen (secondary N) is 1. The minimum Gasteiger partial charge on any atom is -0.493 e. The van der Waals surface area contributed by atoms with Gasteiger partial charge in [-0.05, 0) is 103 Å². The average Bonchev–Trinajstić information content (AvgIpc) is 3.32. The number of halogens is 1. The van der Waals surface area contributed by atoms with Gasteiger partial charge in [0.1, 0.15) is 17.4 Å². The van der Waals surface area contributed by atoms with E-state index in [-0.39, 0.29) is 17.6 Å². The summed E-state index contributed by atoms with van der Waals surface area (Å²) in [6.07, 6.45) is 3.06. The number of likely N-dealkylation sites (tertiary alicyclic amines) is 1. The summed E-state index contributed by atoms with van der Waals surface area (Å²) in [5, 5.41) is 11.1. The molecule has 0 spiro atoms. The first-order valence-corrected chi connectivity index (χ1v) is 14.3. The second-order valence-electron chi connectivity index (χ2n) is 11.6. The van der Waals surface area contributed by atoms with Gasteiger partial charge in [0.15, 0.2) is 0 Å². The Morgan fingerprint density at radius 1 is 1.10 bits per heavy atom. The Kier molecular flexibility index (Phi) is 7.09. The lowest BCUT2D eigenvalue weighted by Crippen LogP contribution is -2.45. The lowest BCUT2D eigenvalue weighted by molar-refractivity contribution is -0.137. The molecule has 2 unspecified atom stereocenters. The Morgan fingerprint density at radius 3 is 2.60 bits per heavy atom. The molecule has 7 heteroatoms. The second kappa shape index (κ2) is 10.7. The maximum absolute atomic E-state index is 13.3. The first kappa shape index (κ1) is 26.5. The van der Waals surface area contributed by atoms with E-state index in [0.29, 0.717) is 50.4 Å². The third-order valence-corrected chi connectivity index (χ3v) is 8.85. The number of carbonyl (C=O) groups excluding carboxylic acids is 1. The number of aliphatic hydroxyl groups is 1. The minimum absolute atomic E-state index is 0.135. The van der Waals surface area contributed by atoms with Crippen LogP contribution in [0.15, 0.2) is 60.7 Å². The predicted molar refractivity (Wildman–Crippen MR) is 153 cm³/mol. The molecule has 2 atom stereocenters. The van der Waals surface area contributed by atoms with Crippen LogP contribution in [0.4, 0.5) is 4.39 Å². The van der Waals surface area contributed by atoms with Crippen molar-refractivity contribution in [3.8, 4) is 16.9 Å². The number of amides is 1. The van der Waals surface area contributed by atoms with Gasteiger partial charge in [-0.1, -0.05) is 31.2 Å². The van der Waals surface area contributed by atoms with E-state index < -0.39 is 5.60 Å². The topological polar surface area (TPSA) is 78.5 Å². The summed E-state index contributed by atoms with van der Waals surface area (Å²) < 4.78 is 19.5. The van der Waals surface area contributed by atoms with Crippen LogP contribution in [0.2, 0.25) is 0 Å². The number of benzene rings is 3. The van der Waals surface area contributed by atoms with E-state index in [1.807, 2.05) is 17.9 Å². The molecule has 40 heavy (non-hydrogen) atoms. The SMILES string of the molecule is Cc1nc2ccc(-c3ccc4c(c3)CC(C)C(CC(=O)N3CCC(O)(c5ccc(F)cc5)CC3)CCO4)cc2[nH]1. The van der Waals surface area contributed by atoms with Crippen molar-refractivity contribution in [2.75, 3.05) is 19.7 Å². The number of aromatic nitrogens is 2. The highest BCUT2D eigenvalue weighted by Gasteiger charge is 2.36. The molecule has 1 fully saturated rings. The van der Waals surface area contributed by atoms with E-state index in [9.17, 15) is 14.3 Å². The first-order chi connectivity index (χ1) is 19.3. The molecule has 0 saturated carbocycles. The van der Waals surface area contributed by atoms with Gasteiger partial charge in [-0.25, -0.2) is 9.37 Å². The van der Waals surface area contributed by atoms with Gasteiger partial charge in [-0.2, -0.15) is 0 Å².